The molecule has 0 bridgehead atoms. The Kier molecular flexibility index (Phi) is 4.39. The Balaban J connectivity index is 2.53. The molecule has 0 fully saturated rings. The van der Waals surface area contributed by atoms with Gasteiger partial charge < -0.3 is 5.73 Å². The fraction of sp³-hybridized carbons (Fsp3) is 0.200. The summed E-state index contributed by atoms with van der Waals surface area (Å²) < 4.78 is 13.2. The monoisotopic (exact) mass is 223 g/mol. The summed E-state index contributed by atoms with van der Waals surface area (Å²) in [7, 11) is 0. The lowest BCUT2D eigenvalue weighted by atomic mass is 10.1. The van der Waals surface area contributed by atoms with Gasteiger partial charge in [-0.25, -0.2) is 4.39 Å². The molecule has 1 rings (SSSR count). The number of primary amides is 1. The fourth-order valence-corrected chi connectivity index (χ4v) is 1.03. The van der Waals surface area contributed by atoms with Crippen LogP contribution in [0.5, 0.6) is 0 Å². The van der Waals surface area contributed by atoms with Gasteiger partial charge in [0.15, 0.2) is 0 Å². The van der Waals surface area contributed by atoms with Crippen molar-refractivity contribution in [1.82, 2.24) is 5.48 Å². The van der Waals surface area contributed by atoms with Crippen LogP contribution in [0.4, 0.5) is 4.39 Å². The minimum Gasteiger partial charge on any atom is -0.368 e. The Hall–Kier alpha value is -1.97. The average molecular weight is 223 g/mol. The highest BCUT2D eigenvalue weighted by Gasteiger charge is 2.03. The zero-order valence-electron chi connectivity index (χ0n) is 8.37. The van der Waals surface area contributed by atoms with Crippen LogP contribution in [0, 0.1) is 17.1 Å². The second-order valence-corrected chi connectivity index (χ2v) is 2.99. The number of nitriles is 1. The number of nitrogens with zero attached hydrogens (tertiary/aromatic N) is 1. The van der Waals surface area contributed by atoms with Gasteiger partial charge >= 0.3 is 0 Å². The van der Waals surface area contributed by atoms with Gasteiger partial charge in [0.25, 0.3) is 0 Å². The van der Waals surface area contributed by atoms with E-state index in [-0.39, 0.29) is 18.7 Å². The van der Waals surface area contributed by atoms with Gasteiger partial charge in [0, 0.05) is 12.1 Å². The maximum atomic E-state index is 13.2. The normalized spacial score (nSPS) is 9.75. The zero-order valence-corrected chi connectivity index (χ0v) is 8.37. The molecule has 1 aromatic carbocycles. The molecule has 0 heterocycles. The van der Waals surface area contributed by atoms with E-state index in [0.717, 1.165) is 0 Å². The Morgan fingerprint density at radius 3 is 3.00 bits per heavy atom. The highest BCUT2D eigenvalue weighted by Crippen LogP contribution is 2.09. The molecule has 0 saturated carbocycles. The van der Waals surface area contributed by atoms with E-state index >= 15 is 0 Å². The molecule has 0 radical (unpaired) electrons. The number of benzene rings is 1. The van der Waals surface area contributed by atoms with Crippen molar-refractivity contribution in [2.45, 2.75) is 6.54 Å². The molecule has 0 saturated heterocycles. The van der Waals surface area contributed by atoms with E-state index in [1.54, 1.807) is 0 Å². The van der Waals surface area contributed by atoms with Crippen LogP contribution in [-0.2, 0) is 16.2 Å². The summed E-state index contributed by atoms with van der Waals surface area (Å²) >= 11 is 0. The predicted octanol–water partition coefficient (Wildman–Crippen LogP) is 0.204. The number of hydrogen-bond donors (Lipinski definition) is 2. The topological polar surface area (TPSA) is 88.1 Å². The van der Waals surface area contributed by atoms with E-state index in [1.807, 2.05) is 6.07 Å². The molecule has 0 aliphatic carbocycles. The molecule has 0 spiro atoms. The number of rotatable bonds is 5. The Morgan fingerprint density at radius 1 is 1.62 bits per heavy atom. The molecule has 84 valence electrons. The van der Waals surface area contributed by atoms with E-state index in [4.69, 9.17) is 11.0 Å². The van der Waals surface area contributed by atoms with Crippen molar-refractivity contribution < 1.29 is 14.0 Å². The minimum absolute atomic E-state index is 0.0502. The van der Waals surface area contributed by atoms with Gasteiger partial charge in [-0.05, 0) is 18.2 Å². The van der Waals surface area contributed by atoms with Crippen molar-refractivity contribution in [2.24, 2.45) is 5.73 Å². The minimum atomic E-state index is -0.626. The third-order valence-electron chi connectivity index (χ3n) is 1.75. The molecular weight excluding hydrogens is 213 g/mol. The summed E-state index contributed by atoms with van der Waals surface area (Å²) in [6.45, 7) is -0.242. The number of halogens is 1. The molecule has 0 unspecified atom stereocenters. The Labute approximate surface area is 91.6 Å². The Bertz CT molecular complexity index is 429. The number of amides is 1. The summed E-state index contributed by atoms with van der Waals surface area (Å²) in [6.07, 6.45) is 0. The summed E-state index contributed by atoms with van der Waals surface area (Å²) in [5, 5.41) is 8.61. The van der Waals surface area contributed by atoms with Gasteiger partial charge in [0.2, 0.25) is 5.91 Å². The zero-order chi connectivity index (χ0) is 12.0. The van der Waals surface area contributed by atoms with E-state index < -0.39 is 11.7 Å². The SMILES string of the molecule is N#Cc1ccc(F)c(CNOCC(N)=O)c1. The first-order valence-electron chi connectivity index (χ1n) is 4.45. The first-order chi connectivity index (χ1) is 7.63. The summed E-state index contributed by atoms with van der Waals surface area (Å²) in [4.78, 5) is 15.0. The first-order valence-corrected chi connectivity index (χ1v) is 4.45. The number of carbonyl (C=O) groups excluding carboxylic acids is 1. The average Bonchev–Trinajstić information content (AvgIpc) is 2.26. The van der Waals surface area contributed by atoms with Crippen LogP contribution in [0.3, 0.4) is 0 Å². The lowest BCUT2D eigenvalue weighted by Gasteiger charge is -2.05. The van der Waals surface area contributed by atoms with Crippen molar-refractivity contribution >= 4 is 5.91 Å². The van der Waals surface area contributed by atoms with Gasteiger partial charge in [-0.2, -0.15) is 10.7 Å². The van der Waals surface area contributed by atoms with Gasteiger partial charge in [-0.1, -0.05) is 0 Å². The van der Waals surface area contributed by atoms with Crippen LogP contribution in [0.1, 0.15) is 11.1 Å². The quantitative estimate of drug-likeness (QED) is 0.551. The number of carbonyl (C=O) groups is 1. The largest absolute Gasteiger partial charge is 0.368 e. The summed E-state index contributed by atoms with van der Waals surface area (Å²) in [5.41, 5.74) is 7.84. The predicted molar refractivity (Wildman–Crippen MR) is 53.1 cm³/mol. The summed E-state index contributed by atoms with van der Waals surface area (Å²) in [5.74, 6) is -1.08. The van der Waals surface area contributed by atoms with Crippen molar-refractivity contribution in [1.29, 1.82) is 5.26 Å². The molecule has 16 heavy (non-hydrogen) atoms. The number of hydroxylamine groups is 1. The second kappa shape index (κ2) is 5.80. The van der Waals surface area contributed by atoms with E-state index in [9.17, 15) is 9.18 Å². The molecule has 0 atom stereocenters. The van der Waals surface area contributed by atoms with Crippen molar-refractivity contribution in [3.8, 4) is 6.07 Å². The van der Waals surface area contributed by atoms with Crippen LogP contribution in [0.25, 0.3) is 0 Å². The smallest absolute Gasteiger partial charge is 0.245 e. The highest BCUT2D eigenvalue weighted by atomic mass is 19.1. The van der Waals surface area contributed by atoms with E-state index in [2.05, 4.69) is 10.3 Å². The van der Waals surface area contributed by atoms with Gasteiger partial charge in [-0.15, -0.1) is 0 Å². The van der Waals surface area contributed by atoms with Crippen LogP contribution < -0.4 is 11.2 Å². The maximum absolute atomic E-state index is 13.2. The molecule has 0 aromatic heterocycles. The standard InChI is InChI=1S/C10H10FN3O2/c11-9-2-1-7(4-12)3-8(9)5-14-16-6-10(13)15/h1-3,14H,5-6H2,(H2,13,15). The fourth-order valence-electron chi connectivity index (χ4n) is 1.03. The number of nitrogens with one attached hydrogen (secondary N) is 1. The Morgan fingerprint density at radius 2 is 2.38 bits per heavy atom. The molecule has 6 heteroatoms. The first kappa shape index (κ1) is 12.1. The van der Waals surface area contributed by atoms with Crippen LogP contribution in [-0.4, -0.2) is 12.5 Å². The maximum Gasteiger partial charge on any atom is 0.245 e. The molecule has 1 amide bonds. The molecule has 1 aromatic rings. The molecule has 3 N–H and O–H groups in total. The summed E-state index contributed by atoms with van der Waals surface area (Å²) in [6, 6.07) is 5.87. The van der Waals surface area contributed by atoms with E-state index in [1.165, 1.54) is 18.2 Å². The van der Waals surface area contributed by atoms with E-state index in [0.29, 0.717) is 5.56 Å². The second-order valence-electron chi connectivity index (χ2n) is 2.99. The molecule has 5 nitrogen and oxygen atoms in total. The highest BCUT2D eigenvalue weighted by molar-refractivity contribution is 5.74. The number of nitrogens with two attached hydrogens (primary N) is 1. The lowest BCUT2D eigenvalue weighted by Crippen LogP contribution is -2.24. The van der Waals surface area contributed by atoms with Crippen molar-refractivity contribution in [3.63, 3.8) is 0 Å². The van der Waals surface area contributed by atoms with Crippen LogP contribution in [0.15, 0.2) is 18.2 Å². The molecular formula is C10H10FN3O2. The number of hydrogen-bond acceptors (Lipinski definition) is 4. The molecule has 0 aliphatic rings. The van der Waals surface area contributed by atoms with Gasteiger partial charge in [0.1, 0.15) is 12.4 Å². The molecule has 0 aliphatic heterocycles. The lowest BCUT2D eigenvalue weighted by molar-refractivity contribution is -0.125. The third-order valence-corrected chi connectivity index (χ3v) is 1.75. The van der Waals surface area contributed by atoms with Gasteiger partial charge in [-0.3, -0.25) is 9.63 Å². The third kappa shape index (κ3) is 3.65. The van der Waals surface area contributed by atoms with Crippen LogP contribution >= 0.6 is 0 Å². The van der Waals surface area contributed by atoms with Crippen molar-refractivity contribution in [2.75, 3.05) is 6.61 Å². The van der Waals surface area contributed by atoms with Crippen molar-refractivity contribution in [3.05, 3.63) is 35.1 Å². The van der Waals surface area contributed by atoms with Gasteiger partial charge in [0.05, 0.1) is 11.6 Å². The van der Waals surface area contributed by atoms with Crippen LogP contribution in [0.2, 0.25) is 0 Å².